The first-order valence-corrected chi connectivity index (χ1v) is 10.3. The maximum Gasteiger partial charge on any atom is 0.416 e. The third-order valence-corrected chi connectivity index (χ3v) is 5.16. The smallest absolute Gasteiger partial charge is 0.404 e. The zero-order valence-electron chi connectivity index (χ0n) is 18.9. The van der Waals surface area contributed by atoms with Gasteiger partial charge in [-0.3, -0.25) is 19.1 Å². The molecule has 8 nitrogen and oxygen atoms in total. The van der Waals surface area contributed by atoms with Crippen molar-refractivity contribution in [3.05, 3.63) is 112 Å². The number of hydrogen-bond acceptors (Lipinski definition) is 6. The molecule has 4 N–H and O–H groups in total. The third kappa shape index (κ3) is 4.92. The molecule has 0 saturated carbocycles. The van der Waals surface area contributed by atoms with E-state index in [2.05, 4.69) is 16.6 Å². The molecule has 1 heterocycles. The van der Waals surface area contributed by atoms with Crippen LogP contribution in [0.1, 0.15) is 38.6 Å². The summed E-state index contributed by atoms with van der Waals surface area (Å²) in [5.41, 5.74) is 9.72. The molecule has 0 aliphatic carbocycles. The Balaban J connectivity index is 2.35. The Morgan fingerprint density at radius 1 is 1.19 bits per heavy atom. The van der Waals surface area contributed by atoms with Crippen molar-refractivity contribution in [3.8, 4) is 11.8 Å². The predicted octanol–water partition coefficient (Wildman–Crippen LogP) is 3.46. The summed E-state index contributed by atoms with van der Waals surface area (Å²) in [7, 11) is 0. The Kier molecular flexibility index (Phi) is 7.20. The number of nitrogens with two attached hydrogens (primary N) is 2. The number of benzene rings is 2. The van der Waals surface area contributed by atoms with E-state index in [0.717, 1.165) is 29.0 Å². The van der Waals surface area contributed by atoms with Crippen LogP contribution in [-0.2, 0) is 6.18 Å². The van der Waals surface area contributed by atoms with E-state index in [1.54, 1.807) is 24.3 Å². The summed E-state index contributed by atoms with van der Waals surface area (Å²) in [6, 6.07) is 12.3. The van der Waals surface area contributed by atoms with E-state index >= 15 is 0 Å². The Bertz CT molecular complexity index is 1510. The number of nitrogens with zero attached hydrogens (tertiary/aromatic N) is 4. The number of alkyl halides is 3. The number of nitriles is 1. The fraction of sp³-hybridized carbons (Fsp3) is 0.0800. The lowest BCUT2D eigenvalue weighted by Gasteiger charge is -2.18. The van der Waals surface area contributed by atoms with Gasteiger partial charge in [0.25, 0.3) is 11.5 Å². The zero-order chi connectivity index (χ0) is 26.6. The number of amides is 1. The Morgan fingerprint density at radius 3 is 2.39 bits per heavy atom. The van der Waals surface area contributed by atoms with E-state index in [4.69, 9.17) is 16.7 Å². The van der Waals surface area contributed by atoms with Gasteiger partial charge in [0.05, 0.1) is 28.6 Å². The van der Waals surface area contributed by atoms with Crippen molar-refractivity contribution in [3.63, 3.8) is 0 Å². The zero-order valence-corrected chi connectivity index (χ0v) is 18.9. The van der Waals surface area contributed by atoms with Crippen LogP contribution in [0, 0.1) is 18.3 Å². The quantitative estimate of drug-likeness (QED) is 0.507. The van der Waals surface area contributed by atoms with Crippen LogP contribution in [0.5, 0.6) is 0 Å². The standard InChI is InChI=1S/C25H19F3N6O2/c1-3-32-21(16-9-7-15(12-29)8-10-16)19(13-30)20-14(2)34(24(36)22(33-20)23(31)35)18-6-4-5-17(11-18)25(26,27)28/h3-11,13H,1,30H2,2H3,(H2,31,35)/b19-13-,32-21-. The minimum atomic E-state index is -4.67. The summed E-state index contributed by atoms with van der Waals surface area (Å²) in [5, 5.41) is 9.07. The van der Waals surface area contributed by atoms with Crippen molar-refractivity contribution in [1.29, 1.82) is 5.26 Å². The average molecular weight is 492 g/mol. The third-order valence-electron chi connectivity index (χ3n) is 5.16. The molecule has 0 fully saturated rings. The van der Waals surface area contributed by atoms with Crippen LogP contribution in [0.3, 0.4) is 0 Å². The molecule has 0 unspecified atom stereocenters. The van der Waals surface area contributed by atoms with Crippen LogP contribution in [0.4, 0.5) is 13.2 Å². The molecule has 0 atom stereocenters. The monoisotopic (exact) mass is 492 g/mol. The van der Waals surface area contributed by atoms with Gasteiger partial charge in [-0.15, -0.1) is 0 Å². The first kappa shape index (κ1) is 25.6. The largest absolute Gasteiger partial charge is 0.416 e. The highest BCUT2D eigenvalue weighted by atomic mass is 19.4. The maximum atomic E-state index is 13.3. The number of halogens is 3. The Morgan fingerprint density at radius 2 is 1.86 bits per heavy atom. The molecule has 0 bridgehead atoms. The van der Waals surface area contributed by atoms with Gasteiger partial charge < -0.3 is 11.5 Å². The molecular formula is C25H19F3N6O2. The van der Waals surface area contributed by atoms with Crippen LogP contribution in [-0.4, -0.2) is 21.2 Å². The number of aromatic nitrogens is 2. The second-order valence-corrected chi connectivity index (χ2v) is 7.38. The molecule has 0 aliphatic heterocycles. The van der Waals surface area contributed by atoms with Gasteiger partial charge in [-0.05, 0) is 37.3 Å². The number of carbonyl (C=O) groups is 1. The Hall–Kier alpha value is -4.98. The maximum absolute atomic E-state index is 13.3. The van der Waals surface area contributed by atoms with Gasteiger partial charge in [-0.25, -0.2) is 4.98 Å². The molecule has 3 aromatic rings. The number of aliphatic imine (C=N–C) groups is 1. The van der Waals surface area contributed by atoms with E-state index in [1.165, 1.54) is 19.2 Å². The number of carbonyl (C=O) groups excluding carboxylic acids is 1. The molecule has 0 radical (unpaired) electrons. The highest BCUT2D eigenvalue weighted by Crippen LogP contribution is 2.31. The first-order chi connectivity index (χ1) is 17.0. The van der Waals surface area contributed by atoms with Crippen molar-refractivity contribution >= 4 is 17.2 Å². The summed E-state index contributed by atoms with van der Waals surface area (Å²) >= 11 is 0. The second-order valence-electron chi connectivity index (χ2n) is 7.38. The summed E-state index contributed by atoms with van der Waals surface area (Å²) in [4.78, 5) is 33.5. The minimum Gasteiger partial charge on any atom is -0.404 e. The van der Waals surface area contributed by atoms with Crippen LogP contribution in [0.15, 0.2) is 77.3 Å². The van der Waals surface area contributed by atoms with E-state index in [9.17, 15) is 22.8 Å². The van der Waals surface area contributed by atoms with Crippen LogP contribution in [0.25, 0.3) is 11.3 Å². The van der Waals surface area contributed by atoms with Crippen molar-refractivity contribution < 1.29 is 18.0 Å². The van der Waals surface area contributed by atoms with Gasteiger partial charge >= 0.3 is 6.18 Å². The summed E-state index contributed by atoms with van der Waals surface area (Å²) in [5.74, 6) is -1.18. The van der Waals surface area contributed by atoms with Crippen molar-refractivity contribution in [2.75, 3.05) is 0 Å². The second kappa shape index (κ2) is 10.1. The minimum absolute atomic E-state index is 0.0201. The summed E-state index contributed by atoms with van der Waals surface area (Å²) in [6.45, 7) is 5.02. The van der Waals surface area contributed by atoms with Gasteiger partial charge in [0.2, 0.25) is 0 Å². The van der Waals surface area contributed by atoms with Crippen molar-refractivity contribution in [2.45, 2.75) is 13.1 Å². The molecule has 3 rings (SSSR count). The number of primary amides is 1. The normalized spacial score (nSPS) is 12.2. The van der Waals surface area contributed by atoms with Crippen LogP contribution in [0.2, 0.25) is 0 Å². The van der Waals surface area contributed by atoms with Gasteiger partial charge in [0, 0.05) is 34.9 Å². The number of rotatable bonds is 6. The highest BCUT2D eigenvalue weighted by molar-refractivity contribution is 6.31. The molecule has 0 spiro atoms. The SMILES string of the molecule is C=C/N=C(\C(=C/N)c1nc(C(N)=O)c(=O)n(-c2cccc(C(F)(F)F)c2)c1C)c1ccc(C#N)cc1. The van der Waals surface area contributed by atoms with Gasteiger partial charge in [-0.1, -0.05) is 24.8 Å². The molecule has 0 aliphatic rings. The fourth-order valence-corrected chi connectivity index (χ4v) is 3.52. The molecule has 0 saturated heterocycles. The number of allylic oxidation sites excluding steroid dienone is 1. The molecular weight excluding hydrogens is 473 g/mol. The van der Waals surface area contributed by atoms with Gasteiger partial charge in [0.1, 0.15) is 0 Å². The van der Waals surface area contributed by atoms with Gasteiger partial charge in [0.15, 0.2) is 5.69 Å². The molecule has 11 heteroatoms. The van der Waals surface area contributed by atoms with Gasteiger partial charge in [-0.2, -0.15) is 18.4 Å². The van der Waals surface area contributed by atoms with E-state index in [1.807, 2.05) is 6.07 Å². The Labute approximate surface area is 203 Å². The lowest BCUT2D eigenvalue weighted by molar-refractivity contribution is -0.137. The topological polar surface area (TPSA) is 140 Å². The summed E-state index contributed by atoms with van der Waals surface area (Å²) in [6.07, 6.45) is -2.32. The van der Waals surface area contributed by atoms with Crippen LogP contribution < -0.4 is 17.0 Å². The lowest BCUT2D eigenvalue weighted by atomic mass is 9.97. The molecule has 36 heavy (non-hydrogen) atoms. The average Bonchev–Trinajstić information content (AvgIpc) is 2.84. The van der Waals surface area contributed by atoms with Crippen LogP contribution >= 0.6 is 0 Å². The first-order valence-electron chi connectivity index (χ1n) is 10.3. The van der Waals surface area contributed by atoms with E-state index in [0.29, 0.717) is 11.1 Å². The van der Waals surface area contributed by atoms with Crippen molar-refractivity contribution in [1.82, 2.24) is 9.55 Å². The summed E-state index contributed by atoms with van der Waals surface area (Å²) < 4.78 is 40.9. The number of hydrogen-bond donors (Lipinski definition) is 2. The van der Waals surface area contributed by atoms with E-state index in [-0.39, 0.29) is 28.4 Å². The molecule has 1 aromatic heterocycles. The fourth-order valence-electron chi connectivity index (χ4n) is 3.52. The lowest BCUT2D eigenvalue weighted by Crippen LogP contribution is -2.33. The van der Waals surface area contributed by atoms with E-state index < -0.39 is 28.9 Å². The van der Waals surface area contributed by atoms with Crippen molar-refractivity contribution in [2.24, 2.45) is 16.5 Å². The highest BCUT2D eigenvalue weighted by Gasteiger charge is 2.31. The predicted molar refractivity (Wildman–Crippen MR) is 128 cm³/mol. The molecule has 2 aromatic carbocycles. The molecule has 182 valence electrons. The molecule has 1 amide bonds.